The van der Waals surface area contributed by atoms with Crippen LogP contribution in [0.4, 0.5) is 0 Å². The fourth-order valence-corrected chi connectivity index (χ4v) is 4.12. The molecule has 1 aliphatic rings. The molecule has 0 unspecified atom stereocenters. The zero-order valence-electron chi connectivity index (χ0n) is 12.2. The van der Waals surface area contributed by atoms with Gasteiger partial charge in [-0.1, -0.05) is 0 Å². The van der Waals surface area contributed by atoms with Crippen LogP contribution in [-0.2, 0) is 17.1 Å². The molecule has 1 fully saturated rings. The fraction of sp³-hybridized carbons (Fsp3) is 0.308. The maximum atomic E-state index is 12.6. The lowest BCUT2D eigenvalue weighted by Gasteiger charge is -2.36. The van der Waals surface area contributed by atoms with Crippen LogP contribution in [0.25, 0.3) is 11.1 Å². The molecule has 0 saturated carbocycles. The second-order valence-corrected chi connectivity index (χ2v) is 7.32. The van der Waals surface area contributed by atoms with Crippen LogP contribution in [0.2, 0.25) is 0 Å². The largest absolute Gasteiger partial charge is 0.419 e. The number of aryl methyl sites for hydroxylation is 1. The summed E-state index contributed by atoms with van der Waals surface area (Å²) in [5, 5.41) is 8.03. The number of rotatable bonds is 3. The average molecular weight is 335 g/mol. The van der Waals surface area contributed by atoms with Gasteiger partial charge in [0.1, 0.15) is 0 Å². The van der Waals surface area contributed by atoms with Gasteiger partial charge in [-0.2, -0.15) is 19.3 Å². The SMILES string of the molecule is Cn1c(=O)oc2ccc(S(=O)(=O)N3CC(n4nccn4)C3)cc21. The zero-order chi connectivity index (χ0) is 16.2. The molecule has 0 atom stereocenters. The van der Waals surface area contributed by atoms with E-state index in [0.717, 1.165) is 0 Å². The maximum absolute atomic E-state index is 12.6. The molecule has 2 aromatic heterocycles. The molecular weight excluding hydrogens is 322 g/mol. The second kappa shape index (κ2) is 4.77. The van der Waals surface area contributed by atoms with E-state index in [1.807, 2.05) is 0 Å². The van der Waals surface area contributed by atoms with Crippen LogP contribution in [-0.4, -0.2) is 45.4 Å². The smallest absolute Gasteiger partial charge is 0.408 e. The van der Waals surface area contributed by atoms with Gasteiger partial charge < -0.3 is 4.42 Å². The van der Waals surface area contributed by atoms with E-state index in [0.29, 0.717) is 24.2 Å². The highest BCUT2D eigenvalue weighted by atomic mass is 32.2. The first kappa shape index (κ1) is 14.2. The van der Waals surface area contributed by atoms with E-state index in [1.54, 1.807) is 12.4 Å². The molecule has 0 aliphatic carbocycles. The Bertz CT molecular complexity index is 1030. The highest BCUT2D eigenvalue weighted by Gasteiger charge is 2.38. The van der Waals surface area contributed by atoms with Crippen molar-refractivity contribution in [2.45, 2.75) is 10.9 Å². The van der Waals surface area contributed by atoms with E-state index < -0.39 is 15.8 Å². The van der Waals surface area contributed by atoms with Gasteiger partial charge in [-0.05, 0) is 18.2 Å². The van der Waals surface area contributed by atoms with Crippen molar-refractivity contribution in [1.29, 1.82) is 0 Å². The van der Waals surface area contributed by atoms with E-state index in [9.17, 15) is 13.2 Å². The van der Waals surface area contributed by atoms with Crippen LogP contribution in [0.3, 0.4) is 0 Å². The maximum Gasteiger partial charge on any atom is 0.419 e. The van der Waals surface area contributed by atoms with Crippen molar-refractivity contribution in [3.8, 4) is 0 Å². The third-order valence-corrected chi connectivity index (χ3v) is 5.82. The van der Waals surface area contributed by atoms with Crippen molar-refractivity contribution < 1.29 is 12.8 Å². The Balaban J connectivity index is 1.64. The van der Waals surface area contributed by atoms with Crippen molar-refractivity contribution >= 4 is 21.1 Å². The predicted molar refractivity (Wildman–Crippen MR) is 79.3 cm³/mol. The molecule has 0 N–H and O–H groups in total. The summed E-state index contributed by atoms with van der Waals surface area (Å²) in [6, 6.07) is 4.34. The van der Waals surface area contributed by atoms with E-state index in [-0.39, 0.29) is 10.9 Å². The molecule has 23 heavy (non-hydrogen) atoms. The Morgan fingerprint density at radius 3 is 2.61 bits per heavy atom. The standard InChI is InChI=1S/C13H13N5O4S/c1-16-11-6-10(2-3-12(11)22-13(16)19)23(20,21)17-7-9(8-17)18-14-4-5-15-18/h2-6,9H,7-8H2,1H3. The number of oxazole rings is 1. The normalized spacial score (nSPS) is 16.7. The molecule has 3 heterocycles. The fourth-order valence-electron chi connectivity index (χ4n) is 2.59. The summed E-state index contributed by atoms with van der Waals surface area (Å²) in [6.45, 7) is 0.638. The summed E-state index contributed by atoms with van der Waals surface area (Å²) in [5.41, 5.74) is 0.806. The van der Waals surface area contributed by atoms with Gasteiger partial charge in [-0.15, -0.1) is 0 Å². The van der Waals surface area contributed by atoms with E-state index in [2.05, 4.69) is 10.2 Å². The molecule has 0 spiro atoms. The van der Waals surface area contributed by atoms with Gasteiger partial charge in [-0.3, -0.25) is 4.57 Å². The highest BCUT2D eigenvalue weighted by molar-refractivity contribution is 7.89. The van der Waals surface area contributed by atoms with Gasteiger partial charge in [0.05, 0.1) is 28.8 Å². The topological polar surface area (TPSA) is 103 Å². The molecule has 0 amide bonds. The van der Waals surface area contributed by atoms with E-state index in [1.165, 1.54) is 38.9 Å². The zero-order valence-corrected chi connectivity index (χ0v) is 13.0. The molecule has 4 rings (SSSR count). The number of fused-ring (bicyclic) bond motifs is 1. The van der Waals surface area contributed by atoms with Crippen LogP contribution in [0.5, 0.6) is 0 Å². The molecule has 1 saturated heterocycles. The van der Waals surface area contributed by atoms with Crippen molar-refractivity contribution in [2.24, 2.45) is 7.05 Å². The first-order chi connectivity index (χ1) is 11.0. The number of hydrogen-bond acceptors (Lipinski definition) is 6. The Labute approximate surface area is 130 Å². The van der Waals surface area contributed by atoms with Crippen molar-refractivity contribution in [2.75, 3.05) is 13.1 Å². The Morgan fingerprint density at radius 1 is 1.22 bits per heavy atom. The number of hydrogen-bond donors (Lipinski definition) is 0. The summed E-state index contributed by atoms with van der Waals surface area (Å²) in [4.78, 5) is 13.1. The molecule has 1 aromatic carbocycles. The highest BCUT2D eigenvalue weighted by Crippen LogP contribution is 2.28. The van der Waals surface area contributed by atoms with Gasteiger partial charge in [0, 0.05) is 20.1 Å². The van der Waals surface area contributed by atoms with E-state index in [4.69, 9.17) is 4.42 Å². The van der Waals surface area contributed by atoms with Crippen LogP contribution >= 0.6 is 0 Å². The lowest BCUT2D eigenvalue weighted by molar-refractivity contribution is 0.175. The minimum atomic E-state index is -3.62. The van der Waals surface area contributed by atoms with Gasteiger partial charge in [-0.25, -0.2) is 13.2 Å². The molecular formula is C13H13N5O4S. The van der Waals surface area contributed by atoms with Crippen molar-refractivity contribution in [1.82, 2.24) is 23.9 Å². The third kappa shape index (κ3) is 2.10. The number of nitrogens with zero attached hydrogens (tertiary/aromatic N) is 5. The molecule has 120 valence electrons. The monoisotopic (exact) mass is 335 g/mol. The van der Waals surface area contributed by atoms with Gasteiger partial charge >= 0.3 is 5.76 Å². The first-order valence-corrected chi connectivity index (χ1v) is 8.36. The predicted octanol–water partition coefficient (Wildman–Crippen LogP) is -0.0314. The van der Waals surface area contributed by atoms with Crippen LogP contribution in [0.1, 0.15) is 6.04 Å². The summed E-state index contributed by atoms with van der Waals surface area (Å²) in [6.07, 6.45) is 3.12. The molecule has 0 radical (unpaired) electrons. The second-order valence-electron chi connectivity index (χ2n) is 5.38. The van der Waals surface area contributed by atoms with Gasteiger partial charge in [0.25, 0.3) is 0 Å². The lowest BCUT2D eigenvalue weighted by Crippen LogP contribution is -2.51. The summed E-state index contributed by atoms with van der Waals surface area (Å²) in [7, 11) is -2.08. The molecule has 1 aliphatic heterocycles. The Morgan fingerprint density at radius 2 is 1.91 bits per heavy atom. The van der Waals surface area contributed by atoms with E-state index >= 15 is 0 Å². The van der Waals surface area contributed by atoms with Gasteiger partial charge in [0.2, 0.25) is 10.0 Å². The number of sulfonamides is 1. The molecule has 10 heteroatoms. The molecule has 0 bridgehead atoms. The molecule has 9 nitrogen and oxygen atoms in total. The number of aromatic nitrogens is 4. The Kier molecular flexibility index (Phi) is 2.93. The minimum Gasteiger partial charge on any atom is -0.408 e. The van der Waals surface area contributed by atoms with Crippen molar-refractivity contribution in [3.05, 3.63) is 41.1 Å². The Hall–Kier alpha value is -2.46. The summed E-state index contributed by atoms with van der Waals surface area (Å²) in [5.74, 6) is -0.525. The number of benzene rings is 1. The van der Waals surface area contributed by atoms with Gasteiger partial charge in [0.15, 0.2) is 5.58 Å². The van der Waals surface area contributed by atoms with Crippen LogP contribution < -0.4 is 5.76 Å². The van der Waals surface area contributed by atoms with Crippen molar-refractivity contribution in [3.63, 3.8) is 0 Å². The lowest BCUT2D eigenvalue weighted by atomic mass is 10.2. The van der Waals surface area contributed by atoms with Crippen LogP contribution in [0.15, 0.2) is 44.7 Å². The summed E-state index contributed by atoms with van der Waals surface area (Å²) >= 11 is 0. The third-order valence-electron chi connectivity index (χ3n) is 3.99. The minimum absolute atomic E-state index is 0.0539. The quantitative estimate of drug-likeness (QED) is 0.666. The molecule has 3 aromatic rings. The summed E-state index contributed by atoms with van der Waals surface area (Å²) < 4.78 is 33.0. The average Bonchev–Trinajstić information content (AvgIpc) is 3.07. The first-order valence-electron chi connectivity index (χ1n) is 6.92. The van der Waals surface area contributed by atoms with Crippen LogP contribution in [0, 0.1) is 0 Å².